The van der Waals surface area contributed by atoms with E-state index in [1.807, 2.05) is 43.3 Å². The predicted molar refractivity (Wildman–Crippen MR) is 83.2 cm³/mol. The fourth-order valence-corrected chi connectivity index (χ4v) is 2.52. The highest BCUT2D eigenvalue weighted by molar-refractivity contribution is 9.10. The smallest absolute Gasteiger partial charge is 0.241 e. The van der Waals surface area contributed by atoms with Gasteiger partial charge in [-0.1, -0.05) is 53.5 Å². The third-order valence-corrected chi connectivity index (χ3v) is 3.76. The molecule has 0 bridgehead atoms. The van der Waals surface area contributed by atoms with Crippen LogP contribution in [-0.2, 0) is 4.79 Å². The van der Waals surface area contributed by atoms with Crippen LogP contribution in [0.5, 0.6) is 0 Å². The number of fused-ring (bicyclic) bond motifs is 1. The van der Waals surface area contributed by atoms with Crippen LogP contribution in [0.2, 0.25) is 0 Å². The lowest BCUT2D eigenvalue weighted by Crippen LogP contribution is -2.35. The van der Waals surface area contributed by atoms with Crippen LogP contribution in [-0.4, -0.2) is 11.9 Å². The second-order valence-corrected chi connectivity index (χ2v) is 5.38. The van der Waals surface area contributed by atoms with Crippen molar-refractivity contribution in [2.24, 2.45) is 5.73 Å². The fraction of sp³-hybridized carbons (Fsp3) is 0.267. The molecular formula is C15H17BrN2O. The standard InChI is InChI=1S/C15H17BrN2O/c1-2-5-13(17)15(19)18-14-9-8-12(16)10-6-3-4-7-11(10)14/h3-4,6-9,13H,2,5,17H2,1H3,(H,18,19). The Balaban J connectivity index is 2.31. The van der Waals surface area contributed by atoms with Gasteiger partial charge < -0.3 is 11.1 Å². The van der Waals surface area contributed by atoms with E-state index >= 15 is 0 Å². The monoisotopic (exact) mass is 320 g/mol. The Morgan fingerprint density at radius 2 is 1.95 bits per heavy atom. The van der Waals surface area contributed by atoms with E-state index in [9.17, 15) is 4.79 Å². The van der Waals surface area contributed by atoms with Gasteiger partial charge in [0.15, 0.2) is 0 Å². The number of rotatable bonds is 4. The van der Waals surface area contributed by atoms with Gasteiger partial charge in [-0.2, -0.15) is 0 Å². The van der Waals surface area contributed by atoms with Crippen molar-refractivity contribution >= 4 is 38.3 Å². The highest BCUT2D eigenvalue weighted by Gasteiger charge is 2.13. The van der Waals surface area contributed by atoms with Crippen LogP contribution in [0, 0.1) is 0 Å². The largest absolute Gasteiger partial charge is 0.324 e. The third-order valence-electron chi connectivity index (χ3n) is 3.07. The number of amides is 1. The number of carbonyl (C=O) groups is 1. The van der Waals surface area contributed by atoms with Gasteiger partial charge in [0.25, 0.3) is 0 Å². The number of halogens is 1. The molecule has 1 amide bonds. The zero-order valence-corrected chi connectivity index (χ0v) is 12.4. The Morgan fingerprint density at radius 1 is 1.26 bits per heavy atom. The molecule has 19 heavy (non-hydrogen) atoms. The number of hydrogen-bond donors (Lipinski definition) is 2. The van der Waals surface area contributed by atoms with Gasteiger partial charge in [0.1, 0.15) is 0 Å². The van der Waals surface area contributed by atoms with E-state index in [1.54, 1.807) is 0 Å². The van der Waals surface area contributed by atoms with Crippen LogP contribution in [0.3, 0.4) is 0 Å². The van der Waals surface area contributed by atoms with E-state index in [2.05, 4.69) is 21.2 Å². The molecule has 4 heteroatoms. The average molecular weight is 321 g/mol. The molecule has 0 saturated heterocycles. The molecule has 0 spiro atoms. The lowest BCUT2D eigenvalue weighted by atomic mass is 10.1. The summed E-state index contributed by atoms with van der Waals surface area (Å²) in [5.41, 5.74) is 6.63. The normalized spacial score (nSPS) is 12.4. The molecule has 2 aromatic carbocycles. The summed E-state index contributed by atoms with van der Waals surface area (Å²) in [6.45, 7) is 2.02. The summed E-state index contributed by atoms with van der Waals surface area (Å²) < 4.78 is 1.01. The first-order valence-electron chi connectivity index (χ1n) is 6.37. The van der Waals surface area contributed by atoms with Crippen molar-refractivity contribution in [3.63, 3.8) is 0 Å². The topological polar surface area (TPSA) is 55.1 Å². The molecule has 0 aliphatic carbocycles. The van der Waals surface area contributed by atoms with Gasteiger partial charge in [-0.25, -0.2) is 0 Å². The minimum Gasteiger partial charge on any atom is -0.324 e. The second-order valence-electron chi connectivity index (χ2n) is 4.52. The SMILES string of the molecule is CCCC(N)C(=O)Nc1ccc(Br)c2ccccc12. The van der Waals surface area contributed by atoms with Crippen molar-refractivity contribution in [2.75, 3.05) is 5.32 Å². The van der Waals surface area contributed by atoms with Crippen molar-refractivity contribution in [1.29, 1.82) is 0 Å². The van der Waals surface area contributed by atoms with Gasteiger partial charge in [-0.3, -0.25) is 4.79 Å². The number of nitrogens with two attached hydrogens (primary N) is 1. The van der Waals surface area contributed by atoms with Gasteiger partial charge >= 0.3 is 0 Å². The van der Waals surface area contributed by atoms with Crippen molar-refractivity contribution in [3.05, 3.63) is 40.9 Å². The maximum atomic E-state index is 12.0. The van der Waals surface area contributed by atoms with Crippen molar-refractivity contribution in [1.82, 2.24) is 0 Å². The van der Waals surface area contributed by atoms with E-state index < -0.39 is 6.04 Å². The molecule has 2 aromatic rings. The molecule has 0 aliphatic heterocycles. The van der Waals surface area contributed by atoms with Crippen LogP contribution >= 0.6 is 15.9 Å². The number of nitrogens with one attached hydrogen (secondary N) is 1. The van der Waals surface area contributed by atoms with Crippen molar-refractivity contribution in [2.45, 2.75) is 25.8 Å². The zero-order chi connectivity index (χ0) is 13.8. The number of hydrogen-bond acceptors (Lipinski definition) is 2. The molecule has 0 heterocycles. The molecule has 100 valence electrons. The molecule has 0 aromatic heterocycles. The van der Waals surface area contributed by atoms with E-state index in [4.69, 9.17) is 5.73 Å². The average Bonchev–Trinajstić information content (AvgIpc) is 2.42. The summed E-state index contributed by atoms with van der Waals surface area (Å²) in [5.74, 6) is -0.130. The molecule has 3 N–H and O–H groups in total. The Hall–Kier alpha value is -1.39. The van der Waals surface area contributed by atoms with Crippen molar-refractivity contribution in [3.8, 4) is 0 Å². The number of anilines is 1. The Bertz CT molecular complexity index is 598. The van der Waals surface area contributed by atoms with Crippen LogP contribution < -0.4 is 11.1 Å². The molecule has 2 rings (SSSR count). The van der Waals surface area contributed by atoms with Gasteiger partial charge in [0.05, 0.1) is 6.04 Å². The van der Waals surface area contributed by atoms with Crippen molar-refractivity contribution < 1.29 is 4.79 Å². The lowest BCUT2D eigenvalue weighted by Gasteiger charge is -2.13. The first-order chi connectivity index (χ1) is 9.13. The number of benzene rings is 2. The fourth-order valence-electron chi connectivity index (χ4n) is 2.04. The van der Waals surface area contributed by atoms with Gasteiger partial charge in [-0.05, 0) is 23.9 Å². The molecule has 1 atom stereocenters. The molecule has 0 saturated carbocycles. The van der Waals surface area contributed by atoms with Crippen LogP contribution in [0.4, 0.5) is 5.69 Å². The van der Waals surface area contributed by atoms with Crippen LogP contribution in [0.25, 0.3) is 10.8 Å². The molecule has 1 unspecified atom stereocenters. The summed E-state index contributed by atoms with van der Waals surface area (Å²) in [7, 11) is 0. The minimum absolute atomic E-state index is 0.130. The molecule has 0 radical (unpaired) electrons. The summed E-state index contributed by atoms with van der Waals surface area (Å²) in [6, 6.07) is 11.3. The van der Waals surface area contributed by atoms with Crippen LogP contribution in [0.1, 0.15) is 19.8 Å². The number of carbonyl (C=O) groups excluding carboxylic acids is 1. The van der Waals surface area contributed by atoms with E-state index in [0.29, 0.717) is 6.42 Å². The molecular weight excluding hydrogens is 304 g/mol. The van der Waals surface area contributed by atoms with E-state index in [0.717, 1.165) is 27.4 Å². The molecule has 0 aliphatic rings. The molecule has 3 nitrogen and oxygen atoms in total. The maximum absolute atomic E-state index is 12.0. The first kappa shape index (κ1) is 14.0. The Morgan fingerprint density at radius 3 is 2.63 bits per heavy atom. The lowest BCUT2D eigenvalue weighted by molar-refractivity contribution is -0.117. The van der Waals surface area contributed by atoms with Gasteiger partial charge in [-0.15, -0.1) is 0 Å². The summed E-state index contributed by atoms with van der Waals surface area (Å²) >= 11 is 3.51. The molecule has 0 fully saturated rings. The first-order valence-corrected chi connectivity index (χ1v) is 7.16. The second kappa shape index (κ2) is 6.17. The van der Waals surface area contributed by atoms with E-state index in [-0.39, 0.29) is 5.91 Å². The minimum atomic E-state index is -0.451. The highest BCUT2D eigenvalue weighted by Crippen LogP contribution is 2.29. The van der Waals surface area contributed by atoms with Gasteiger partial charge in [0.2, 0.25) is 5.91 Å². The summed E-state index contributed by atoms with van der Waals surface area (Å²) in [5, 5.41) is 4.99. The van der Waals surface area contributed by atoms with Crippen LogP contribution in [0.15, 0.2) is 40.9 Å². The van der Waals surface area contributed by atoms with E-state index in [1.165, 1.54) is 0 Å². The Kier molecular flexibility index (Phi) is 4.56. The maximum Gasteiger partial charge on any atom is 0.241 e. The summed E-state index contributed by atoms with van der Waals surface area (Å²) in [4.78, 5) is 12.0. The highest BCUT2D eigenvalue weighted by atomic mass is 79.9. The predicted octanol–water partition coefficient (Wildman–Crippen LogP) is 3.67. The van der Waals surface area contributed by atoms with Gasteiger partial charge in [0, 0.05) is 15.5 Å². The summed E-state index contributed by atoms with van der Waals surface area (Å²) in [6.07, 6.45) is 1.59. The zero-order valence-electron chi connectivity index (χ0n) is 10.8. The third kappa shape index (κ3) is 3.14. The quantitative estimate of drug-likeness (QED) is 0.903. The Labute approximate surface area is 121 Å².